The van der Waals surface area contributed by atoms with Gasteiger partial charge < -0.3 is 20.5 Å². The van der Waals surface area contributed by atoms with E-state index in [9.17, 15) is 9.59 Å². The van der Waals surface area contributed by atoms with Crippen LogP contribution < -0.4 is 10.6 Å². The lowest BCUT2D eigenvalue weighted by Crippen LogP contribution is -2.43. The molecule has 0 aliphatic carbocycles. The lowest BCUT2D eigenvalue weighted by Gasteiger charge is -2.14. The van der Waals surface area contributed by atoms with E-state index in [2.05, 4.69) is 10.6 Å². The molecule has 0 radical (unpaired) electrons. The van der Waals surface area contributed by atoms with Crippen molar-refractivity contribution in [1.82, 2.24) is 5.32 Å². The first-order valence-corrected chi connectivity index (χ1v) is 5.89. The molecule has 1 aromatic rings. The maximum absolute atomic E-state index is 11.5. The molecule has 0 fully saturated rings. The number of ether oxygens (including phenoxy) is 1. The first-order chi connectivity index (χ1) is 8.13. The van der Waals surface area contributed by atoms with Gasteiger partial charge in [0.1, 0.15) is 6.04 Å². The fraction of sp³-hybridized carbons (Fsp3) is 0.400. The van der Waals surface area contributed by atoms with Crippen molar-refractivity contribution in [2.75, 3.05) is 19.0 Å². The Morgan fingerprint density at radius 2 is 2.35 bits per heavy atom. The molecule has 7 heteroatoms. The summed E-state index contributed by atoms with van der Waals surface area (Å²) in [6.45, 7) is 0.274. The predicted molar refractivity (Wildman–Crippen MR) is 64.4 cm³/mol. The molecule has 0 aliphatic rings. The molecule has 0 bridgehead atoms. The van der Waals surface area contributed by atoms with E-state index in [0.29, 0.717) is 5.69 Å². The molecule has 1 rings (SSSR count). The van der Waals surface area contributed by atoms with Crippen LogP contribution in [0, 0.1) is 0 Å². The number of methoxy groups -OCH3 is 1. The highest BCUT2D eigenvalue weighted by molar-refractivity contribution is 7.08. The molecule has 1 atom stereocenters. The maximum atomic E-state index is 11.5. The van der Waals surface area contributed by atoms with E-state index in [-0.39, 0.29) is 13.0 Å². The highest BCUT2D eigenvalue weighted by atomic mass is 32.1. The van der Waals surface area contributed by atoms with Gasteiger partial charge in [0.25, 0.3) is 0 Å². The summed E-state index contributed by atoms with van der Waals surface area (Å²) in [4.78, 5) is 22.3. The topological polar surface area (TPSA) is 87.7 Å². The lowest BCUT2D eigenvalue weighted by molar-refractivity contribution is -0.139. The van der Waals surface area contributed by atoms with Gasteiger partial charge in [-0.05, 0) is 11.4 Å². The van der Waals surface area contributed by atoms with Crippen molar-refractivity contribution in [3.8, 4) is 0 Å². The van der Waals surface area contributed by atoms with Crippen LogP contribution in [0.5, 0.6) is 0 Å². The Morgan fingerprint density at radius 3 is 2.88 bits per heavy atom. The third kappa shape index (κ3) is 4.83. The number of nitrogens with one attached hydrogen (secondary N) is 2. The fourth-order valence-electron chi connectivity index (χ4n) is 1.15. The fourth-order valence-corrected chi connectivity index (χ4v) is 1.74. The zero-order valence-corrected chi connectivity index (χ0v) is 10.1. The molecule has 1 heterocycles. The Morgan fingerprint density at radius 1 is 1.59 bits per heavy atom. The summed E-state index contributed by atoms with van der Waals surface area (Å²) in [5.41, 5.74) is 0.642. The van der Waals surface area contributed by atoms with Gasteiger partial charge in [-0.15, -0.1) is 0 Å². The zero-order chi connectivity index (χ0) is 12.7. The van der Waals surface area contributed by atoms with Crippen LogP contribution in [0.3, 0.4) is 0 Å². The van der Waals surface area contributed by atoms with Gasteiger partial charge in [-0.25, -0.2) is 9.59 Å². The van der Waals surface area contributed by atoms with Crippen molar-refractivity contribution in [1.29, 1.82) is 0 Å². The highest BCUT2D eigenvalue weighted by Crippen LogP contribution is 2.11. The van der Waals surface area contributed by atoms with Gasteiger partial charge in [0.05, 0.1) is 5.69 Å². The molecule has 0 aliphatic heterocycles. The van der Waals surface area contributed by atoms with Crippen molar-refractivity contribution in [2.45, 2.75) is 12.5 Å². The Bertz CT molecular complexity index is 366. The number of urea groups is 1. The molecule has 1 aromatic heterocycles. The number of carboxylic acids is 1. The summed E-state index contributed by atoms with van der Waals surface area (Å²) in [6.07, 6.45) is 0.225. The van der Waals surface area contributed by atoms with Crippen molar-refractivity contribution in [3.63, 3.8) is 0 Å². The average Bonchev–Trinajstić information content (AvgIpc) is 2.76. The van der Waals surface area contributed by atoms with E-state index in [4.69, 9.17) is 9.84 Å². The molecule has 6 nitrogen and oxygen atoms in total. The highest BCUT2D eigenvalue weighted by Gasteiger charge is 2.19. The largest absolute Gasteiger partial charge is 0.480 e. The second-order valence-electron chi connectivity index (χ2n) is 3.28. The monoisotopic (exact) mass is 258 g/mol. The van der Waals surface area contributed by atoms with E-state index < -0.39 is 18.0 Å². The van der Waals surface area contributed by atoms with Gasteiger partial charge in [-0.1, -0.05) is 0 Å². The van der Waals surface area contributed by atoms with Crippen LogP contribution in [0.4, 0.5) is 10.5 Å². The Balaban J connectivity index is 2.43. The summed E-state index contributed by atoms with van der Waals surface area (Å²) in [7, 11) is 1.48. The van der Waals surface area contributed by atoms with Crippen LogP contribution in [-0.4, -0.2) is 36.9 Å². The van der Waals surface area contributed by atoms with Gasteiger partial charge in [-0.2, -0.15) is 11.3 Å². The summed E-state index contributed by atoms with van der Waals surface area (Å²) < 4.78 is 4.78. The molecule has 2 amide bonds. The van der Waals surface area contributed by atoms with Crippen molar-refractivity contribution >= 4 is 29.0 Å². The number of aliphatic carboxylic acids is 1. The average molecular weight is 258 g/mol. The number of hydrogen-bond donors (Lipinski definition) is 3. The number of carbonyl (C=O) groups is 2. The van der Waals surface area contributed by atoms with E-state index in [1.807, 2.05) is 5.38 Å². The molecule has 0 aromatic carbocycles. The zero-order valence-electron chi connectivity index (χ0n) is 9.30. The van der Waals surface area contributed by atoms with Crippen molar-refractivity contribution < 1.29 is 19.4 Å². The molecule has 0 saturated carbocycles. The Hall–Kier alpha value is -1.60. The van der Waals surface area contributed by atoms with Crippen LogP contribution in [0.2, 0.25) is 0 Å². The predicted octanol–water partition coefficient (Wildman–Crippen LogP) is 1.36. The Kier molecular flexibility index (Phi) is 5.44. The normalized spacial score (nSPS) is 11.8. The van der Waals surface area contributed by atoms with E-state index >= 15 is 0 Å². The quantitative estimate of drug-likeness (QED) is 0.719. The third-order valence-corrected chi connectivity index (χ3v) is 2.68. The van der Waals surface area contributed by atoms with Gasteiger partial charge in [0.15, 0.2) is 0 Å². The first kappa shape index (κ1) is 13.5. The van der Waals surface area contributed by atoms with Gasteiger partial charge >= 0.3 is 12.0 Å². The number of hydrogen-bond acceptors (Lipinski definition) is 4. The molecule has 0 saturated heterocycles. The van der Waals surface area contributed by atoms with Crippen molar-refractivity contribution in [2.24, 2.45) is 0 Å². The van der Waals surface area contributed by atoms with E-state index in [1.54, 1.807) is 11.4 Å². The minimum absolute atomic E-state index is 0.225. The molecule has 3 N–H and O–H groups in total. The maximum Gasteiger partial charge on any atom is 0.326 e. The molecule has 94 valence electrons. The van der Waals surface area contributed by atoms with Gasteiger partial charge in [0, 0.05) is 25.5 Å². The summed E-state index contributed by atoms with van der Waals surface area (Å²) in [6, 6.07) is 0.246. The Labute approximate surface area is 103 Å². The molecule has 0 spiro atoms. The number of thiophene rings is 1. The van der Waals surface area contributed by atoms with Gasteiger partial charge in [0.2, 0.25) is 0 Å². The number of amides is 2. The smallest absolute Gasteiger partial charge is 0.326 e. The standard InChI is InChI=1S/C10H14N2O4S/c1-16-4-2-8(9(13)14)12-10(15)11-7-3-5-17-6-7/h3,5-6,8H,2,4H2,1H3,(H,13,14)(H2,11,12,15). The minimum atomic E-state index is -1.08. The number of anilines is 1. The van der Waals surface area contributed by atoms with E-state index in [1.165, 1.54) is 18.4 Å². The second-order valence-corrected chi connectivity index (χ2v) is 4.06. The van der Waals surface area contributed by atoms with Crippen LogP contribution >= 0.6 is 11.3 Å². The number of carboxylic acid groups (broad SMARTS) is 1. The summed E-state index contributed by atoms with van der Waals surface area (Å²) >= 11 is 1.44. The first-order valence-electron chi connectivity index (χ1n) is 4.95. The summed E-state index contributed by atoms with van der Waals surface area (Å²) in [5.74, 6) is -1.08. The molecular weight excluding hydrogens is 244 g/mol. The summed E-state index contributed by atoms with van der Waals surface area (Å²) in [5, 5.41) is 17.4. The van der Waals surface area contributed by atoms with Crippen LogP contribution in [0.15, 0.2) is 16.8 Å². The SMILES string of the molecule is COCCC(NC(=O)Nc1ccsc1)C(=O)O. The lowest BCUT2D eigenvalue weighted by atomic mass is 10.2. The van der Waals surface area contributed by atoms with Gasteiger partial charge in [-0.3, -0.25) is 0 Å². The number of carbonyl (C=O) groups excluding carboxylic acids is 1. The molecular formula is C10H14N2O4S. The van der Waals surface area contributed by atoms with Crippen LogP contribution in [0.1, 0.15) is 6.42 Å². The second kappa shape index (κ2) is 6.87. The van der Waals surface area contributed by atoms with E-state index in [0.717, 1.165) is 0 Å². The third-order valence-electron chi connectivity index (χ3n) is 1.99. The van der Waals surface area contributed by atoms with Crippen LogP contribution in [-0.2, 0) is 9.53 Å². The van der Waals surface area contributed by atoms with Crippen molar-refractivity contribution in [3.05, 3.63) is 16.8 Å². The van der Waals surface area contributed by atoms with Crippen LogP contribution in [0.25, 0.3) is 0 Å². The molecule has 1 unspecified atom stereocenters. The minimum Gasteiger partial charge on any atom is -0.480 e. The molecule has 17 heavy (non-hydrogen) atoms. The number of rotatable bonds is 6.